The van der Waals surface area contributed by atoms with Crippen molar-refractivity contribution in [2.24, 2.45) is 0 Å². The van der Waals surface area contributed by atoms with E-state index in [9.17, 15) is 0 Å². The van der Waals surface area contributed by atoms with Crippen LogP contribution in [-0.2, 0) is 0 Å². The van der Waals surface area contributed by atoms with E-state index in [1.807, 2.05) is 0 Å². The third-order valence-electron chi connectivity index (χ3n) is 6.12. The lowest BCUT2D eigenvalue weighted by atomic mass is 10.1. The van der Waals surface area contributed by atoms with Gasteiger partial charge in [0.1, 0.15) is 6.17 Å². The minimum Gasteiger partial charge on any atom is -0.356 e. The third kappa shape index (κ3) is 11.7. The summed E-state index contributed by atoms with van der Waals surface area (Å²) < 4.78 is 0. The fraction of sp³-hybridized carbons (Fsp3) is 0.920. The molecule has 0 bridgehead atoms. The predicted molar refractivity (Wildman–Crippen MR) is 122 cm³/mol. The summed E-state index contributed by atoms with van der Waals surface area (Å²) in [5, 5.41) is 0. The van der Waals surface area contributed by atoms with Gasteiger partial charge in [-0.1, -0.05) is 111 Å². The molecule has 0 aliphatic carbocycles. The lowest BCUT2D eigenvalue weighted by molar-refractivity contribution is 0.144. The van der Waals surface area contributed by atoms with Crippen LogP contribution < -0.4 is 0 Å². The molecule has 0 amide bonds. The maximum Gasteiger partial charge on any atom is 0.100 e. The van der Waals surface area contributed by atoms with Crippen LogP contribution >= 0.6 is 0 Å². The summed E-state index contributed by atoms with van der Waals surface area (Å²) >= 11 is 0. The Kier molecular flexibility index (Phi) is 15.7. The van der Waals surface area contributed by atoms with Gasteiger partial charge in [0.2, 0.25) is 0 Å². The van der Waals surface area contributed by atoms with E-state index >= 15 is 0 Å². The first-order valence-corrected chi connectivity index (χ1v) is 12.5. The summed E-state index contributed by atoms with van der Waals surface area (Å²) in [6, 6.07) is 0. The van der Waals surface area contributed by atoms with E-state index in [-0.39, 0.29) is 0 Å². The van der Waals surface area contributed by atoms with Crippen molar-refractivity contribution >= 4 is 0 Å². The molecular weight excluding hydrogens is 328 g/mol. The molecule has 0 unspecified atom stereocenters. The SMILES string of the molecule is CCCCCCCCCCN1C=CN(CCCCCCCCCC)C1CC. The summed E-state index contributed by atoms with van der Waals surface area (Å²) in [5.74, 6) is 0. The van der Waals surface area contributed by atoms with Crippen LogP contribution in [0.5, 0.6) is 0 Å². The molecule has 27 heavy (non-hydrogen) atoms. The molecule has 0 aromatic carbocycles. The minimum atomic E-state index is 0.624. The highest BCUT2D eigenvalue weighted by Crippen LogP contribution is 2.21. The highest BCUT2D eigenvalue weighted by Gasteiger charge is 2.23. The predicted octanol–water partition coefficient (Wildman–Crippen LogP) is 8.09. The van der Waals surface area contributed by atoms with Gasteiger partial charge in [0, 0.05) is 25.5 Å². The number of rotatable bonds is 19. The van der Waals surface area contributed by atoms with Gasteiger partial charge >= 0.3 is 0 Å². The average molecular weight is 379 g/mol. The molecule has 2 heteroatoms. The molecule has 0 aromatic rings. The topological polar surface area (TPSA) is 6.48 Å². The average Bonchev–Trinajstić information content (AvgIpc) is 3.07. The molecule has 1 rings (SSSR count). The smallest absolute Gasteiger partial charge is 0.100 e. The fourth-order valence-corrected chi connectivity index (χ4v) is 4.33. The molecule has 0 aromatic heterocycles. The van der Waals surface area contributed by atoms with Gasteiger partial charge < -0.3 is 9.80 Å². The highest BCUT2D eigenvalue weighted by molar-refractivity contribution is 4.96. The van der Waals surface area contributed by atoms with Crippen molar-refractivity contribution in [3.05, 3.63) is 12.4 Å². The molecule has 0 saturated heterocycles. The Hall–Kier alpha value is -0.660. The van der Waals surface area contributed by atoms with Crippen molar-refractivity contribution in [2.75, 3.05) is 13.1 Å². The molecule has 0 saturated carbocycles. The zero-order valence-corrected chi connectivity index (χ0v) is 19.1. The van der Waals surface area contributed by atoms with E-state index in [0.29, 0.717) is 6.17 Å². The van der Waals surface area contributed by atoms with Crippen LogP contribution in [0, 0.1) is 0 Å². The molecule has 1 heterocycles. The van der Waals surface area contributed by atoms with Gasteiger partial charge in [-0.15, -0.1) is 0 Å². The fourth-order valence-electron chi connectivity index (χ4n) is 4.33. The molecule has 0 radical (unpaired) electrons. The van der Waals surface area contributed by atoms with Gasteiger partial charge in [0.15, 0.2) is 0 Å². The summed E-state index contributed by atoms with van der Waals surface area (Å²) in [7, 11) is 0. The molecule has 2 nitrogen and oxygen atoms in total. The van der Waals surface area contributed by atoms with Crippen LogP contribution in [0.25, 0.3) is 0 Å². The van der Waals surface area contributed by atoms with Crippen molar-refractivity contribution in [3.63, 3.8) is 0 Å². The van der Waals surface area contributed by atoms with Gasteiger partial charge in [-0.3, -0.25) is 0 Å². The summed E-state index contributed by atoms with van der Waals surface area (Å²) in [6.07, 6.45) is 29.2. The maximum atomic E-state index is 2.60. The second-order valence-corrected chi connectivity index (χ2v) is 8.61. The van der Waals surface area contributed by atoms with E-state index in [0.717, 1.165) is 0 Å². The molecule has 160 valence electrons. The van der Waals surface area contributed by atoms with Crippen molar-refractivity contribution in [3.8, 4) is 0 Å². The molecule has 0 fully saturated rings. The van der Waals surface area contributed by atoms with Crippen LogP contribution in [-0.4, -0.2) is 29.1 Å². The molecule has 0 N–H and O–H groups in total. The first kappa shape index (κ1) is 24.4. The Morgan fingerprint density at radius 1 is 0.481 bits per heavy atom. The number of nitrogens with zero attached hydrogens (tertiary/aromatic N) is 2. The quantitative estimate of drug-likeness (QED) is 0.209. The Bertz CT molecular complexity index is 309. The largest absolute Gasteiger partial charge is 0.356 e. The Labute approximate surface area is 171 Å². The summed E-state index contributed by atoms with van der Waals surface area (Å²) in [5.41, 5.74) is 0. The monoisotopic (exact) mass is 378 g/mol. The van der Waals surface area contributed by atoms with Crippen molar-refractivity contribution < 1.29 is 0 Å². The van der Waals surface area contributed by atoms with Gasteiger partial charge in [-0.05, 0) is 19.3 Å². The normalized spacial score (nSPS) is 14.6. The second kappa shape index (κ2) is 17.4. The molecule has 0 atom stereocenters. The first-order chi connectivity index (χ1) is 13.3. The van der Waals surface area contributed by atoms with Crippen LogP contribution in [0.1, 0.15) is 130 Å². The zero-order valence-electron chi connectivity index (χ0n) is 19.1. The highest BCUT2D eigenvalue weighted by atomic mass is 15.4. The lowest BCUT2D eigenvalue weighted by Gasteiger charge is -2.32. The number of hydrogen-bond acceptors (Lipinski definition) is 2. The van der Waals surface area contributed by atoms with E-state index < -0.39 is 0 Å². The first-order valence-electron chi connectivity index (χ1n) is 12.5. The number of unbranched alkanes of at least 4 members (excludes halogenated alkanes) is 14. The molecule has 1 aliphatic rings. The summed E-state index contributed by atoms with van der Waals surface area (Å²) in [4.78, 5) is 5.20. The van der Waals surface area contributed by atoms with Crippen molar-refractivity contribution in [1.29, 1.82) is 0 Å². The van der Waals surface area contributed by atoms with E-state index in [1.165, 1.54) is 122 Å². The standard InChI is InChI=1S/C25H50N2/c1-4-7-9-11-13-15-17-19-21-26-23-24-27(25(26)6-3)22-20-18-16-14-12-10-8-5-2/h23-25H,4-22H2,1-3H3. The second-order valence-electron chi connectivity index (χ2n) is 8.61. The van der Waals surface area contributed by atoms with Crippen molar-refractivity contribution in [2.45, 2.75) is 136 Å². The van der Waals surface area contributed by atoms with Crippen LogP contribution in [0.15, 0.2) is 12.4 Å². The van der Waals surface area contributed by atoms with Crippen LogP contribution in [0.2, 0.25) is 0 Å². The number of hydrogen-bond donors (Lipinski definition) is 0. The molecule has 1 aliphatic heterocycles. The Morgan fingerprint density at radius 3 is 1.15 bits per heavy atom. The van der Waals surface area contributed by atoms with E-state index in [1.54, 1.807) is 0 Å². The minimum absolute atomic E-state index is 0.624. The van der Waals surface area contributed by atoms with Crippen molar-refractivity contribution in [1.82, 2.24) is 9.80 Å². The maximum absolute atomic E-state index is 2.60. The van der Waals surface area contributed by atoms with E-state index in [4.69, 9.17) is 0 Å². The molecule has 0 spiro atoms. The third-order valence-corrected chi connectivity index (χ3v) is 6.12. The van der Waals surface area contributed by atoms with Gasteiger partial charge in [-0.2, -0.15) is 0 Å². The van der Waals surface area contributed by atoms with E-state index in [2.05, 4.69) is 43.0 Å². The Balaban J connectivity index is 2.03. The zero-order chi connectivity index (χ0) is 19.6. The van der Waals surface area contributed by atoms with Gasteiger partial charge in [0.25, 0.3) is 0 Å². The van der Waals surface area contributed by atoms with Gasteiger partial charge in [-0.25, -0.2) is 0 Å². The lowest BCUT2D eigenvalue weighted by Crippen LogP contribution is -2.38. The Morgan fingerprint density at radius 2 is 0.815 bits per heavy atom. The molecular formula is C25H50N2. The van der Waals surface area contributed by atoms with Gasteiger partial charge in [0.05, 0.1) is 0 Å². The van der Waals surface area contributed by atoms with Crippen LogP contribution in [0.4, 0.5) is 0 Å². The van der Waals surface area contributed by atoms with Crippen LogP contribution in [0.3, 0.4) is 0 Å². The summed E-state index contributed by atoms with van der Waals surface area (Å²) in [6.45, 7) is 9.44.